The van der Waals surface area contributed by atoms with Crippen molar-refractivity contribution in [3.8, 4) is 0 Å². The predicted octanol–water partition coefficient (Wildman–Crippen LogP) is 0.0849. The van der Waals surface area contributed by atoms with Gasteiger partial charge in [0.25, 0.3) is 0 Å². The number of carbonyl (C=O) groups is 1. The summed E-state index contributed by atoms with van der Waals surface area (Å²) >= 11 is 0. The molecule has 0 amide bonds. The zero-order valence-electron chi connectivity index (χ0n) is 11.1. The number of nitrogens with zero attached hydrogens (tertiary/aromatic N) is 2. The van der Waals surface area contributed by atoms with Crippen molar-refractivity contribution in [3.63, 3.8) is 0 Å². The van der Waals surface area contributed by atoms with E-state index in [4.69, 9.17) is 5.11 Å². The lowest BCUT2D eigenvalue weighted by Gasteiger charge is -2.38. The van der Waals surface area contributed by atoms with Gasteiger partial charge in [-0.15, -0.1) is 0 Å². The Labute approximate surface area is 110 Å². The summed E-state index contributed by atoms with van der Waals surface area (Å²) in [4.78, 5) is 14.7. The fourth-order valence-corrected chi connectivity index (χ4v) is 2.06. The molecule has 0 saturated carbocycles. The lowest BCUT2D eigenvalue weighted by Crippen LogP contribution is -2.54. The minimum absolute atomic E-state index is 0.0985. The number of hydrogen-bond donors (Lipinski definition) is 2. The maximum absolute atomic E-state index is 12.4. The molecule has 0 bridgehead atoms. The molecule has 0 aromatic rings. The van der Waals surface area contributed by atoms with E-state index in [0.717, 1.165) is 19.6 Å². The van der Waals surface area contributed by atoms with Crippen molar-refractivity contribution >= 4 is 5.97 Å². The molecule has 19 heavy (non-hydrogen) atoms. The monoisotopic (exact) mass is 283 g/mol. The van der Waals surface area contributed by atoms with Crippen molar-refractivity contribution in [2.75, 3.05) is 46.8 Å². The number of likely N-dealkylation sites (N-methyl/N-ethyl adjacent to an activating group) is 2. The number of rotatable bonds is 5. The first-order valence-corrected chi connectivity index (χ1v) is 6.11. The van der Waals surface area contributed by atoms with Gasteiger partial charge < -0.3 is 15.3 Å². The molecule has 1 fully saturated rings. The van der Waals surface area contributed by atoms with Crippen LogP contribution in [0.3, 0.4) is 0 Å². The van der Waals surface area contributed by atoms with E-state index < -0.39 is 24.6 Å². The Morgan fingerprint density at radius 1 is 1.42 bits per heavy atom. The molecular formula is C11H20F3N3O2. The van der Waals surface area contributed by atoms with E-state index in [2.05, 4.69) is 15.1 Å². The van der Waals surface area contributed by atoms with Crippen molar-refractivity contribution in [2.24, 2.45) is 5.92 Å². The SMILES string of the molecule is CN1CCN(C)C(CNCC(C(=O)O)C(F)(F)F)C1. The van der Waals surface area contributed by atoms with E-state index in [0.29, 0.717) is 6.54 Å². The first-order valence-electron chi connectivity index (χ1n) is 6.11. The Balaban J connectivity index is 2.41. The summed E-state index contributed by atoms with van der Waals surface area (Å²) in [7, 11) is 3.87. The van der Waals surface area contributed by atoms with Gasteiger partial charge in [0.05, 0.1) is 0 Å². The van der Waals surface area contributed by atoms with Gasteiger partial charge in [0.1, 0.15) is 0 Å². The number of halogens is 3. The lowest BCUT2D eigenvalue weighted by atomic mass is 10.1. The second-order valence-corrected chi connectivity index (χ2v) is 4.99. The molecule has 2 unspecified atom stereocenters. The van der Waals surface area contributed by atoms with Crippen molar-refractivity contribution in [1.82, 2.24) is 15.1 Å². The first-order chi connectivity index (χ1) is 8.71. The van der Waals surface area contributed by atoms with E-state index in [1.165, 1.54) is 0 Å². The maximum atomic E-state index is 12.4. The highest BCUT2D eigenvalue weighted by atomic mass is 19.4. The summed E-state index contributed by atoms with van der Waals surface area (Å²) in [5.41, 5.74) is 0. The van der Waals surface area contributed by atoms with Crippen LogP contribution in [-0.2, 0) is 4.79 Å². The number of nitrogens with one attached hydrogen (secondary N) is 1. The summed E-state index contributed by atoms with van der Waals surface area (Å²) in [6, 6.07) is 0.0985. The average Bonchev–Trinajstić information content (AvgIpc) is 2.26. The molecule has 0 aromatic carbocycles. The summed E-state index contributed by atoms with van der Waals surface area (Å²) in [5, 5.41) is 11.2. The molecule has 1 saturated heterocycles. The summed E-state index contributed by atoms with van der Waals surface area (Å²) in [6.45, 7) is 2.29. The summed E-state index contributed by atoms with van der Waals surface area (Å²) in [5.74, 6) is -4.19. The van der Waals surface area contributed by atoms with E-state index in [1.807, 2.05) is 14.1 Å². The molecule has 0 aromatic heterocycles. The zero-order chi connectivity index (χ0) is 14.6. The lowest BCUT2D eigenvalue weighted by molar-refractivity contribution is -0.192. The molecule has 112 valence electrons. The Morgan fingerprint density at radius 3 is 2.58 bits per heavy atom. The third kappa shape index (κ3) is 4.96. The van der Waals surface area contributed by atoms with Gasteiger partial charge in [-0.1, -0.05) is 0 Å². The molecule has 1 aliphatic heterocycles. The van der Waals surface area contributed by atoms with Crippen molar-refractivity contribution < 1.29 is 23.1 Å². The standard InChI is InChI=1S/C11H20F3N3O2/c1-16-3-4-17(2)8(7-16)5-15-6-9(10(18)19)11(12,13)14/h8-9,15H,3-7H2,1-2H3,(H,18,19). The van der Waals surface area contributed by atoms with Crippen LogP contribution in [0.4, 0.5) is 13.2 Å². The number of aliphatic carboxylic acids is 1. The summed E-state index contributed by atoms with van der Waals surface area (Å²) < 4.78 is 37.3. The second kappa shape index (κ2) is 6.53. The predicted molar refractivity (Wildman–Crippen MR) is 64.0 cm³/mol. The van der Waals surface area contributed by atoms with Crippen molar-refractivity contribution in [3.05, 3.63) is 0 Å². The van der Waals surface area contributed by atoms with Gasteiger partial charge >= 0.3 is 12.1 Å². The molecule has 2 atom stereocenters. The third-order valence-electron chi connectivity index (χ3n) is 3.40. The molecule has 0 spiro atoms. The molecule has 8 heteroatoms. The molecule has 0 radical (unpaired) electrons. The normalized spacial score (nSPS) is 24.4. The van der Waals surface area contributed by atoms with Crippen molar-refractivity contribution in [2.45, 2.75) is 12.2 Å². The maximum Gasteiger partial charge on any atom is 0.403 e. The van der Waals surface area contributed by atoms with Gasteiger partial charge in [-0.05, 0) is 14.1 Å². The van der Waals surface area contributed by atoms with Crippen molar-refractivity contribution in [1.29, 1.82) is 0 Å². The Bertz CT molecular complexity index is 312. The molecule has 0 aliphatic carbocycles. The number of piperazine rings is 1. The van der Waals surface area contributed by atoms with E-state index in [9.17, 15) is 18.0 Å². The minimum Gasteiger partial charge on any atom is -0.481 e. The molecular weight excluding hydrogens is 263 g/mol. The largest absolute Gasteiger partial charge is 0.481 e. The van der Waals surface area contributed by atoms with Gasteiger partial charge in [0.2, 0.25) is 0 Å². The van der Waals surface area contributed by atoms with Crippen LogP contribution in [-0.4, -0.2) is 79.9 Å². The van der Waals surface area contributed by atoms with E-state index in [1.54, 1.807) is 0 Å². The molecule has 1 rings (SSSR count). The Hall–Kier alpha value is -0.860. The van der Waals surface area contributed by atoms with E-state index >= 15 is 0 Å². The third-order valence-corrected chi connectivity index (χ3v) is 3.40. The number of carboxylic acid groups (broad SMARTS) is 1. The fourth-order valence-electron chi connectivity index (χ4n) is 2.06. The molecule has 2 N–H and O–H groups in total. The van der Waals surface area contributed by atoms with Gasteiger partial charge in [-0.3, -0.25) is 9.69 Å². The molecule has 1 heterocycles. The second-order valence-electron chi connectivity index (χ2n) is 4.99. The van der Waals surface area contributed by atoms with Gasteiger partial charge in [0, 0.05) is 38.8 Å². The highest BCUT2D eigenvalue weighted by Crippen LogP contribution is 2.25. The highest BCUT2D eigenvalue weighted by Gasteiger charge is 2.44. The number of carboxylic acids is 1. The highest BCUT2D eigenvalue weighted by molar-refractivity contribution is 5.71. The number of alkyl halides is 3. The fraction of sp³-hybridized carbons (Fsp3) is 0.909. The van der Waals surface area contributed by atoms with Crippen LogP contribution in [0.5, 0.6) is 0 Å². The smallest absolute Gasteiger partial charge is 0.403 e. The van der Waals surface area contributed by atoms with Crippen LogP contribution in [0.25, 0.3) is 0 Å². The van der Waals surface area contributed by atoms with Crippen LogP contribution in [0.2, 0.25) is 0 Å². The van der Waals surface area contributed by atoms with Gasteiger partial charge in [0.15, 0.2) is 5.92 Å². The van der Waals surface area contributed by atoms with Crippen LogP contribution >= 0.6 is 0 Å². The quantitative estimate of drug-likeness (QED) is 0.749. The Kier molecular flexibility index (Phi) is 5.57. The van der Waals surface area contributed by atoms with Crippen LogP contribution < -0.4 is 5.32 Å². The van der Waals surface area contributed by atoms with Gasteiger partial charge in [-0.25, -0.2) is 0 Å². The van der Waals surface area contributed by atoms with Crippen LogP contribution in [0, 0.1) is 5.92 Å². The van der Waals surface area contributed by atoms with E-state index in [-0.39, 0.29) is 6.04 Å². The average molecular weight is 283 g/mol. The Morgan fingerprint density at radius 2 is 2.05 bits per heavy atom. The minimum atomic E-state index is -4.71. The van der Waals surface area contributed by atoms with Crippen LogP contribution in [0.15, 0.2) is 0 Å². The molecule has 1 aliphatic rings. The first kappa shape index (κ1) is 16.2. The summed E-state index contributed by atoms with van der Waals surface area (Å²) in [6.07, 6.45) is -4.71. The topological polar surface area (TPSA) is 55.8 Å². The van der Waals surface area contributed by atoms with Gasteiger partial charge in [-0.2, -0.15) is 13.2 Å². The zero-order valence-corrected chi connectivity index (χ0v) is 11.1. The molecule has 5 nitrogen and oxygen atoms in total. The van der Waals surface area contributed by atoms with Crippen LogP contribution in [0.1, 0.15) is 0 Å². The number of hydrogen-bond acceptors (Lipinski definition) is 4.